The van der Waals surface area contributed by atoms with E-state index in [1.54, 1.807) is 4.90 Å². The van der Waals surface area contributed by atoms with Crippen molar-refractivity contribution in [3.63, 3.8) is 0 Å². The molecule has 0 radical (unpaired) electrons. The van der Waals surface area contributed by atoms with Crippen molar-refractivity contribution in [3.8, 4) is 0 Å². The number of nitrogens with zero attached hydrogens (tertiary/aromatic N) is 3. The number of fused-ring (bicyclic) bond motifs is 1. The molecule has 4 heterocycles. The topological polar surface area (TPSA) is 138 Å². The van der Waals surface area contributed by atoms with Gasteiger partial charge in [0, 0.05) is 31.7 Å². The molecule has 1 aromatic rings. The van der Waals surface area contributed by atoms with Crippen LogP contribution in [0.3, 0.4) is 0 Å². The molecule has 1 unspecified atom stereocenters. The number of likely N-dealkylation sites (tertiary alicyclic amines) is 1. The zero-order valence-corrected chi connectivity index (χ0v) is 18.8. The van der Waals surface area contributed by atoms with Gasteiger partial charge in [0.05, 0.1) is 11.1 Å². The van der Waals surface area contributed by atoms with E-state index in [-0.39, 0.29) is 41.9 Å². The molecule has 11 heteroatoms. The third-order valence-electron chi connectivity index (χ3n) is 5.84. The van der Waals surface area contributed by atoms with Crippen molar-refractivity contribution in [2.24, 2.45) is 0 Å². The summed E-state index contributed by atoms with van der Waals surface area (Å²) in [5.74, 6) is -1.98. The zero-order chi connectivity index (χ0) is 23.9. The summed E-state index contributed by atoms with van der Waals surface area (Å²) < 4.78 is 5.41. The maximum Gasteiger partial charge on any atom is 0.410 e. The van der Waals surface area contributed by atoms with E-state index >= 15 is 0 Å². The molecule has 5 amide bonds. The van der Waals surface area contributed by atoms with Crippen molar-refractivity contribution in [1.29, 1.82) is 0 Å². The van der Waals surface area contributed by atoms with Gasteiger partial charge in [0.1, 0.15) is 17.5 Å². The summed E-state index contributed by atoms with van der Waals surface area (Å²) in [7, 11) is 0. The fourth-order valence-corrected chi connectivity index (χ4v) is 4.25. The van der Waals surface area contributed by atoms with Crippen LogP contribution >= 0.6 is 0 Å². The fraction of sp³-hybridized carbons (Fsp3) is 0.545. The summed E-state index contributed by atoms with van der Waals surface area (Å²) in [6, 6.07) is 0.368. The summed E-state index contributed by atoms with van der Waals surface area (Å²) in [5, 5.41) is 5.42. The molecular formula is C22H27N5O6. The van der Waals surface area contributed by atoms with Crippen LogP contribution < -0.4 is 10.6 Å². The van der Waals surface area contributed by atoms with Crippen molar-refractivity contribution in [1.82, 2.24) is 20.1 Å². The number of ether oxygens (including phenoxy) is 1. The molecule has 1 aromatic heterocycles. The second-order valence-corrected chi connectivity index (χ2v) is 9.42. The van der Waals surface area contributed by atoms with Crippen molar-refractivity contribution in [2.75, 3.05) is 18.4 Å². The number of nitrogens with one attached hydrogen (secondary N) is 2. The summed E-state index contributed by atoms with van der Waals surface area (Å²) in [6.45, 7) is 6.42. The van der Waals surface area contributed by atoms with E-state index in [2.05, 4.69) is 15.6 Å². The highest BCUT2D eigenvalue weighted by Crippen LogP contribution is 2.32. The maximum atomic E-state index is 13.2. The largest absolute Gasteiger partial charge is 0.444 e. The molecule has 33 heavy (non-hydrogen) atoms. The third-order valence-corrected chi connectivity index (χ3v) is 5.84. The van der Waals surface area contributed by atoms with E-state index in [1.807, 2.05) is 20.8 Å². The second-order valence-electron chi connectivity index (χ2n) is 9.42. The molecule has 176 valence electrons. The third kappa shape index (κ3) is 4.53. The highest BCUT2D eigenvalue weighted by Gasteiger charge is 2.46. The van der Waals surface area contributed by atoms with Crippen molar-refractivity contribution < 1.29 is 28.7 Å². The molecule has 3 aliphatic rings. The number of carbonyl (C=O) groups is 5. The van der Waals surface area contributed by atoms with Crippen LogP contribution in [0, 0.1) is 0 Å². The van der Waals surface area contributed by atoms with Gasteiger partial charge in [0.15, 0.2) is 0 Å². The van der Waals surface area contributed by atoms with Crippen molar-refractivity contribution in [3.05, 3.63) is 23.4 Å². The molecule has 0 aromatic carbocycles. The van der Waals surface area contributed by atoms with Crippen LogP contribution in [0.4, 0.5) is 10.6 Å². The molecule has 1 atom stereocenters. The molecule has 0 aliphatic carbocycles. The Kier molecular flexibility index (Phi) is 5.81. The summed E-state index contributed by atoms with van der Waals surface area (Å²) in [4.78, 5) is 68.9. The van der Waals surface area contributed by atoms with E-state index in [0.717, 1.165) is 4.90 Å². The lowest BCUT2D eigenvalue weighted by atomic mass is 10.0. The Morgan fingerprint density at radius 1 is 1.12 bits per heavy atom. The number of imide groups is 2. The number of pyridine rings is 1. The summed E-state index contributed by atoms with van der Waals surface area (Å²) in [6.07, 6.45) is 2.46. The highest BCUT2D eigenvalue weighted by molar-refractivity contribution is 6.25. The lowest BCUT2D eigenvalue weighted by Gasteiger charge is -2.34. The number of rotatable bonds is 3. The number of carbonyl (C=O) groups excluding carboxylic acids is 5. The average molecular weight is 457 g/mol. The van der Waals surface area contributed by atoms with E-state index in [4.69, 9.17) is 4.74 Å². The molecule has 4 rings (SSSR count). The second kappa shape index (κ2) is 8.45. The number of hydrogen-bond acceptors (Lipinski definition) is 8. The minimum Gasteiger partial charge on any atom is -0.444 e. The standard InChI is InChI=1S/C22H27N5O6/c1-22(2,3)33-21(32)26-10-7-12(8-11-26)24-17-16-13(6-9-23-17)19(30)27(20(16)31)14-4-5-15(28)25-18(14)29/h6,9,12,14H,4-5,7-8,10-11H2,1-3H3,(H,23,24)(H,25,28,29). The molecule has 11 nitrogen and oxygen atoms in total. The minimum atomic E-state index is -1.03. The van der Waals surface area contributed by atoms with E-state index < -0.39 is 35.3 Å². The Bertz CT molecular complexity index is 1020. The first-order valence-corrected chi connectivity index (χ1v) is 11.0. The Balaban J connectivity index is 1.45. The monoisotopic (exact) mass is 457 g/mol. The van der Waals surface area contributed by atoms with Crippen LogP contribution in [-0.2, 0) is 14.3 Å². The van der Waals surface area contributed by atoms with Crippen molar-refractivity contribution in [2.45, 2.75) is 64.1 Å². The lowest BCUT2D eigenvalue weighted by molar-refractivity contribution is -0.136. The van der Waals surface area contributed by atoms with Gasteiger partial charge in [-0.1, -0.05) is 0 Å². The Hall–Kier alpha value is -3.50. The van der Waals surface area contributed by atoms with E-state index in [9.17, 15) is 24.0 Å². The SMILES string of the molecule is CC(C)(C)OC(=O)N1CCC(Nc2nccc3c2C(=O)N(C2CCC(=O)NC2=O)C3=O)CC1. The fourth-order valence-electron chi connectivity index (χ4n) is 4.25. The van der Waals surface area contributed by atoms with Gasteiger partial charge in [-0.15, -0.1) is 0 Å². The minimum absolute atomic E-state index is 0.0589. The molecule has 3 aliphatic heterocycles. The maximum absolute atomic E-state index is 13.2. The Labute approximate surface area is 190 Å². The van der Waals surface area contributed by atoms with E-state index in [1.165, 1.54) is 12.3 Å². The van der Waals surface area contributed by atoms with Gasteiger partial charge in [-0.3, -0.25) is 29.4 Å². The van der Waals surface area contributed by atoms with Gasteiger partial charge < -0.3 is 15.0 Å². The zero-order valence-electron chi connectivity index (χ0n) is 18.8. The quantitative estimate of drug-likeness (QED) is 0.648. The molecule has 2 saturated heterocycles. The number of hydrogen-bond donors (Lipinski definition) is 2. The average Bonchev–Trinajstić information content (AvgIpc) is 2.99. The molecule has 2 N–H and O–H groups in total. The predicted octanol–water partition coefficient (Wildman–Crippen LogP) is 1.29. The number of aromatic nitrogens is 1. The van der Waals surface area contributed by atoms with Crippen LogP contribution in [0.15, 0.2) is 12.3 Å². The lowest BCUT2D eigenvalue weighted by Crippen LogP contribution is -2.54. The normalized spacial score (nSPS) is 21.7. The number of piperidine rings is 2. The predicted molar refractivity (Wildman–Crippen MR) is 115 cm³/mol. The van der Waals surface area contributed by atoms with Gasteiger partial charge >= 0.3 is 6.09 Å². The summed E-state index contributed by atoms with van der Waals surface area (Å²) in [5.41, 5.74) is -0.266. The number of anilines is 1. The van der Waals surface area contributed by atoms with Crippen LogP contribution in [0.2, 0.25) is 0 Å². The van der Waals surface area contributed by atoms with Gasteiger partial charge in [-0.05, 0) is 46.1 Å². The molecular weight excluding hydrogens is 430 g/mol. The van der Waals surface area contributed by atoms with Gasteiger partial charge in [-0.25, -0.2) is 9.78 Å². The van der Waals surface area contributed by atoms with Gasteiger partial charge in [0.25, 0.3) is 11.8 Å². The Morgan fingerprint density at radius 2 is 1.82 bits per heavy atom. The molecule has 0 spiro atoms. The van der Waals surface area contributed by atoms with E-state index in [0.29, 0.717) is 25.9 Å². The van der Waals surface area contributed by atoms with Crippen LogP contribution in [-0.4, -0.2) is 75.3 Å². The first kappa shape index (κ1) is 22.7. The first-order chi connectivity index (χ1) is 15.5. The van der Waals surface area contributed by atoms with Crippen LogP contribution in [0.1, 0.15) is 67.2 Å². The smallest absolute Gasteiger partial charge is 0.410 e. The van der Waals surface area contributed by atoms with Gasteiger partial charge in [-0.2, -0.15) is 0 Å². The van der Waals surface area contributed by atoms with Crippen LogP contribution in [0.5, 0.6) is 0 Å². The highest BCUT2D eigenvalue weighted by atomic mass is 16.6. The Morgan fingerprint density at radius 3 is 2.45 bits per heavy atom. The van der Waals surface area contributed by atoms with Crippen molar-refractivity contribution >= 4 is 35.5 Å². The molecule has 0 saturated carbocycles. The molecule has 0 bridgehead atoms. The molecule has 2 fully saturated rings. The van der Waals surface area contributed by atoms with Crippen LogP contribution in [0.25, 0.3) is 0 Å². The first-order valence-electron chi connectivity index (χ1n) is 11.0. The summed E-state index contributed by atoms with van der Waals surface area (Å²) >= 11 is 0. The number of amides is 5. The van der Waals surface area contributed by atoms with Gasteiger partial charge in [0.2, 0.25) is 11.8 Å².